The third kappa shape index (κ3) is 3.20. The van der Waals surface area contributed by atoms with E-state index in [0.29, 0.717) is 0 Å². The molecule has 8 nitrogen and oxygen atoms in total. The molecule has 0 unspecified atom stereocenters. The van der Waals surface area contributed by atoms with E-state index in [0.717, 1.165) is 0 Å². The zero-order valence-electron chi connectivity index (χ0n) is 10.6. The summed E-state index contributed by atoms with van der Waals surface area (Å²) in [5.74, 6) is 2.79. The highest BCUT2D eigenvalue weighted by Gasteiger charge is 2.21. The molecule has 0 aromatic carbocycles. The number of nitriles is 6. The molecule has 0 rings (SSSR count). The van der Waals surface area contributed by atoms with Crippen LogP contribution in [0.4, 0.5) is 0 Å². The van der Waals surface area contributed by atoms with Crippen LogP contribution in [0.3, 0.4) is 0 Å². The summed E-state index contributed by atoms with van der Waals surface area (Å²) in [7, 11) is 0. The third-order valence-electron chi connectivity index (χ3n) is 2.14. The molecule has 0 heterocycles. The van der Waals surface area contributed by atoms with E-state index in [9.17, 15) is 0 Å². The van der Waals surface area contributed by atoms with Crippen molar-refractivity contribution in [1.29, 1.82) is 31.6 Å². The third-order valence-corrected chi connectivity index (χ3v) is 2.14. The molecular weight excluding hydrogens is 280 g/mol. The smallest absolute Gasteiger partial charge is 0.148 e. The first-order chi connectivity index (χ1) is 10.6. The van der Waals surface area contributed by atoms with Gasteiger partial charge in [0.1, 0.15) is 42.0 Å². The van der Waals surface area contributed by atoms with Crippen molar-refractivity contribution in [2.75, 3.05) is 0 Å². The van der Waals surface area contributed by atoms with Crippen LogP contribution in [0, 0.1) is 68.0 Å². The van der Waals surface area contributed by atoms with E-state index in [2.05, 4.69) is 0 Å². The highest BCUT2D eigenvalue weighted by Crippen LogP contribution is 2.26. The molecule has 8 heteroatoms. The van der Waals surface area contributed by atoms with E-state index >= 15 is 0 Å². The molecule has 22 heavy (non-hydrogen) atoms. The highest BCUT2D eigenvalue weighted by molar-refractivity contribution is 5.87. The first-order valence-corrected chi connectivity index (χ1v) is 5.04. The predicted octanol–water partition coefficient (Wildman–Crippen LogP) is 1.05. The molecule has 0 saturated heterocycles. The summed E-state index contributed by atoms with van der Waals surface area (Å²) in [5.41, 5.74) is -4.43. The van der Waals surface area contributed by atoms with Crippen LogP contribution in [-0.4, -0.2) is 11.7 Å². The van der Waals surface area contributed by atoms with Gasteiger partial charge in [0, 0.05) is 5.57 Å². The molecule has 0 aliphatic rings. The second-order valence-electron chi connectivity index (χ2n) is 3.14. The van der Waals surface area contributed by atoms with Crippen molar-refractivity contribution in [2.45, 2.75) is 0 Å². The fraction of sp³-hybridized carbons (Fsp3) is 0. The Morgan fingerprint density at radius 1 is 0.545 bits per heavy atom. The maximum absolute atomic E-state index is 9.14. The van der Waals surface area contributed by atoms with Crippen LogP contribution in [0.25, 0.3) is 10.8 Å². The average Bonchev–Trinajstić information content (AvgIpc) is 2.56. The minimum Gasteiger partial charge on any atom is -0.762 e. The number of nitrogens with zero attached hydrogens (tertiary/aromatic N) is 8. The Morgan fingerprint density at radius 3 is 1.18 bits per heavy atom. The van der Waals surface area contributed by atoms with Crippen molar-refractivity contribution < 1.29 is 0 Å². The van der Waals surface area contributed by atoms with Crippen molar-refractivity contribution in [3.05, 3.63) is 44.3 Å². The summed E-state index contributed by atoms with van der Waals surface area (Å²) in [6.07, 6.45) is 0. The maximum atomic E-state index is 9.14. The van der Waals surface area contributed by atoms with Crippen LogP contribution in [0.1, 0.15) is 0 Å². The molecule has 0 atom stereocenters. The summed E-state index contributed by atoms with van der Waals surface area (Å²) in [6, 6.07) is 8.44. The molecular formula is C14N8-2. The summed E-state index contributed by atoms with van der Waals surface area (Å²) in [4.78, 5) is 0. The number of allylic oxidation sites excluding steroid dienone is 6. The van der Waals surface area contributed by atoms with E-state index in [4.69, 9.17) is 42.4 Å². The lowest BCUT2D eigenvalue weighted by Gasteiger charge is -2.07. The van der Waals surface area contributed by atoms with Crippen molar-refractivity contribution in [3.8, 4) is 36.4 Å². The molecule has 0 aliphatic heterocycles. The summed E-state index contributed by atoms with van der Waals surface area (Å²) in [6.45, 7) is 0. The molecule has 0 spiro atoms. The van der Waals surface area contributed by atoms with Crippen molar-refractivity contribution in [2.24, 2.45) is 0 Å². The van der Waals surface area contributed by atoms with Crippen LogP contribution in [0.15, 0.2) is 33.4 Å². The monoisotopic (exact) mass is 280 g/mol. The molecule has 0 radical (unpaired) electrons. The summed E-state index contributed by atoms with van der Waals surface area (Å²) in [5, 5.41) is 71.2. The number of rotatable bonds is 3. The Bertz CT molecular complexity index is 881. The van der Waals surface area contributed by atoms with Gasteiger partial charge in [-0.3, -0.25) is 0 Å². The topological polar surface area (TPSA) is 187 Å². The number of hydrogen-bond donors (Lipinski definition) is 0. The molecule has 0 fully saturated rings. The Hall–Kier alpha value is -4.68. The first kappa shape index (κ1) is 17.3. The van der Waals surface area contributed by atoms with Gasteiger partial charge in [-0.05, 0) is 0 Å². The molecule has 0 saturated carbocycles. The fourth-order valence-electron chi connectivity index (χ4n) is 1.26. The fourth-order valence-corrected chi connectivity index (χ4v) is 1.26. The van der Waals surface area contributed by atoms with Crippen molar-refractivity contribution in [3.63, 3.8) is 0 Å². The van der Waals surface area contributed by atoms with Gasteiger partial charge in [0.25, 0.3) is 0 Å². The van der Waals surface area contributed by atoms with Crippen LogP contribution in [-0.2, 0) is 0 Å². The van der Waals surface area contributed by atoms with Crippen molar-refractivity contribution in [1.82, 2.24) is 0 Å². The predicted molar refractivity (Wildman–Crippen MR) is 71.5 cm³/mol. The van der Waals surface area contributed by atoms with Crippen LogP contribution in [0.5, 0.6) is 0 Å². The van der Waals surface area contributed by atoms with Gasteiger partial charge in [0.15, 0.2) is 0 Å². The SMILES string of the molecule is N#CC(=C=[N-])C(C(=C=[N-])C#N)=C(C#N)C(C#N)=C(C#N)C#N. The van der Waals surface area contributed by atoms with Gasteiger partial charge in [-0.15, -0.1) is 0 Å². The second kappa shape index (κ2) is 8.43. The molecule has 0 aromatic heterocycles. The zero-order chi connectivity index (χ0) is 17.1. The van der Waals surface area contributed by atoms with Gasteiger partial charge in [0.2, 0.25) is 0 Å². The van der Waals surface area contributed by atoms with Crippen molar-refractivity contribution >= 4 is 11.7 Å². The Morgan fingerprint density at radius 2 is 0.955 bits per heavy atom. The molecule has 0 amide bonds. The van der Waals surface area contributed by atoms with Crippen LogP contribution < -0.4 is 0 Å². The lowest BCUT2D eigenvalue weighted by Crippen LogP contribution is -2.02. The van der Waals surface area contributed by atoms with E-state index in [1.807, 2.05) is 0 Å². The minimum absolute atomic E-state index is 0.683. The summed E-state index contributed by atoms with van der Waals surface area (Å²) < 4.78 is 0. The van der Waals surface area contributed by atoms with Gasteiger partial charge in [0.05, 0.1) is 22.3 Å². The molecule has 0 N–H and O–H groups in total. The average molecular weight is 280 g/mol. The van der Waals surface area contributed by atoms with Gasteiger partial charge in [-0.1, -0.05) is 0 Å². The molecule has 0 bridgehead atoms. The molecule has 98 valence electrons. The van der Waals surface area contributed by atoms with Gasteiger partial charge < -0.3 is 10.8 Å². The first-order valence-electron chi connectivity index (χ1n) is 5.04. The Labute approximate surface area is 124 Å². The quantitative estimate of drug-likeness (QED) is 0.421. The summed E-state index contributed by atoms with van der Waals surface area (Å²) >= 11 is 0. The standard InChI is InChI=1S/C14N8/c15-1-9(2-16)12(7-21)13(8-22)14(10(3-17)4-18)11(5-19)6-20/q-2. The normalized spacial score (nSPS) is 6.82. The lowest BCUT2D eigenvalue weighted by molar-refractivity contribution is 1.34. The van der Waals surface area contributed by atoms with E-state index in [1.54, 1.807) is 0 Å². The second-order valence-corrected chi connectivity index (χ2v) is 3.14. The van der Waals surface area contributed by atoms with Gasteiger partial charge >= 0.3 is 0 Å². The van der Waals surface area contributed by atoms with E-state index < -0.39 is 33.4 Å². The maximum Gasteiger partial charge on any atom is 0.148 e. The lowest BCUT2D eigenvalue weighted by atomic mass is 9.90. The largest absolute Gasteiger partial charge is 0.762 e. The zero-order valence-corrected chi connectivity index (χ0v) is 10.6. The Balaban J connectivity index is 7.36. The Kier molecular flexibility index (Phi) is 6.63. The van der Waals surface area contributed by atoms with Gasteiger partial charge in [-0.2, -0.15) is 31.6 Å². The van der Waals surface area contributed by atoms with E-state index in [1.165, 1.54) is 48.2 Å². The molecule has 0 aliphatic carbocycles. The van der Waals surface area contributed by atoms with Crippen LogP contribution >= 0.6 is 0 Å². The molecule has 0 aromatic rings. The van der Waals surface area contributed by atoms with Crippen LogP contribution in [0.2, 0.25) is 0 Å². The highest BCUT2D eigenvalue weighted by atomic mass is 14.4. The van der Waals surface area contributed by atoms with E-state index in [-0.39, 0.29) is 0 Å². The van der Waals surface area contributed by atoms with Gasteiger partial charge in [-0.25, -0.2) is 11.7 Å². The minimum atomic E-state index is -0.766. The number of hydrogen-bond acceptors (Lipinski definition) is 6.